The van der Waals surface area contributed by atoms with Crippen molar-refractivity contribution in [3.8, 4) is 0 Å². The number of hydrogen-bond acceptors (Lipinski definition) is 2. The molecule has 112 valence electrons. The molecular weight excluding hydrogens is 313 g/mol. The Hall–Kier alpha value is -2.14. The van der Waals surface area contributed by atoms with Gasteiger partial charge >= 0.3 is 6.18 Å². The summed E-state index contributed by atoms with van der Waals surface area (Å²) in [5.74, 6) is 0. The minimum atomic E-state index is -4.41. The molecule has 2 aromatic rings. The van der Waals surface area contributed by atoms with Gasteiger partial charge in [0.15, 0.2) is 0 Å². The SMILES string of the molecule is FC(F)(F)c1cccc(C2(c3ccc(Cl)cc3)N=CC=N2)c1. The Morgan fingerprint density at radius 3 is 2.09 bits per heavy atom. The number of benzene rings is 2. The molecule has 1 aliphatic rings. The maximum absolute atomic E-state index is 12.9. The van der Waals surface area contributed by atoms with Crippen molar-refractivity contribution in [3.05, 3.63) is 70.2 Å². The van der Waals surface area contributed by atoms with E-state index in [-0.39, 0.29) is 0 Å². The van der Waals surface area contributed by atoms with Crippen LogP contribution >= 0.6 is 11.6 Å². The second kappa shape index (κ2) is 5.25. The summed E-state index contributed by atoms with van der Waals surface area (Å²) >= 11 is 5.87. The molecule has 0 saturated carbocycles. The molecule has 2 nitrogen and oxygen atoms in total. The lowest BCUT2D eigenvalue weighted by atomic mass is 9.91. The van der Waals surface area contributed by atoms with Crippen LogP contribution < -0.4 is 0 Å². The predicted octanol–water partition coefficient (Wildman–Crippen LogP) is 4.72. The smallest absolute Gasteiger partial charge is 0.253 e. The Morgan fingerprint density at radius 2 is 1.50 bits per heavy atom. The second-order valence-corrected chi connectivity index (χ2v) is 5.25. The van der Waals surface area contributed by atoms with E-state index in [9.17, 15) is 13.2 Å². The van der Waals surface area contributed by atoms with Gasteiger partial charge < -0.3 is 0 Å². The molecule has 0 aromatic heterocycles. The number of hydrogen-bond donors (Lipinski definition) is 0. The molecule has 0 unspecified atom stereocenters. The molecule has 0 bridgehead atoms. The van der Waals surface area contributed by atoms with Crippen LogP contribution in [-0.2, 0) is 11.8 Å². The fraction of sp³-hybridized carbons (Fsp3) is 0.125. The van der Waals surface area contributed by atoms with E-state index in [1.165, 1.54) is 18.5 Å². The summed E-state index contributed by atoms with van der Waals surface area (Å²) in [5, 5.41) is 0.536. The van der Waals surface area contributed by atoms with Crippen molar-refractivity contribution in [2.24, 2.45) is 9.98 Å². The monoisotopic (exact) mass is 322 g/mol. The minimum Gasteiger partial charge on any atom is -0.253 e. The Labute approximate surface area is 130 Å². The van der Waals surface area contributed by atoms with Gasteiger partial charge in [-0.1, -0.05) is 35.9 Å². The summed E-state index contributed by atoms with van der Waals surface area (Å²) in [6.07, 6.45) is -1.45. The van der Waals surface area contributed by atoms with Gasteiger partial charge in [-0.2, -0.15) is 13.2 Å². The first kappa shape index (κ1) is 14.8. The molecule has 22 heavy (non-hydrogen) atoms. The first-order valence-corrected chi connectivity index (χ1v) is 6.82. The lowest BCUT2D eigenvalue weighted by molar-refractivity contribution is -0.137. The molecule has 0 fully saturated rings. The van der Waals surface area contributed by atoms with E-state index in [0.717, 1.165) is 12.1 Å². The van der Waals surface area contributed by atoms with E-state index in [0.29, 0.717) is 16.1 Å². The third-order valence-corrected chi connectivity index (χ3v) is 3.68. The quantitative estimate of drug-likeness (QED) is 0.764. The number of aliphatic imine (C=N–C) groups is 2. The normalized spacial score (nSPS) is 16.2. The summed E-state index contributed by atoms with van der Waals surface area (Å²) in [7, 11) is 0. The highest BCUT2D eigenvalue weighted by Gasteiger charge is 2.37. The molecule has 0 amide bonds. The molecule has 1 aliphatic heterocycles. The van der Waals surface area contributed by atoms with E-state index in [2.05, 4.69) is 9.98 Å². The number of nitrogens with zero attached hydrogens (tertiary/aromatic N) is 2. The summed E-state index contributed by atoms with van der Waals surface area (Å²) < 4.78 is 38.8. The van der Waals surface area contributed by atoms with Gasteiger partial charge in [0.25, 0.3) is 0 Å². The van der Waals surface area contributed by atoms with Crippen molar-refractivity contribution in [1.82, 2.24) is 0 Å². The van der Waals surface area contributed by atoms with E-state index < -0.39 is 17.4 Å². The average Bonchev–Trinajstić information content (AvgIpc) is 2.98. The zero-order valence-electron chi connectivity index (χ0n) is 11.2. The van der Waals surface area contributed by atoms with Crippen molar-refractivity contribution < 1.29 is 13.2 Å². The highest BCUT2D eigenvalue weighted by atomic mass is 35.5. The van der Waals surface area contributed by atoms with Crippen molar-refractivity contribution >= 4 is 24.0 Å². The zero-order valence-corrected chi connectivity index (χ0v) is 11.9. The molecular formula is C16H10ClF3N2. The topological polar surface area (TPSA) is 24.7 Å². The van der Waals surface area contributed by atoms with Crippen LogP contribution in [0.4, 0.5) is 13.2 Å². The highest BCUT2D eigenvalue weighted by molar-refractivity contribution is 6.30. The molecule has 0 aliphatic carbocycles. The molecule has 0 N–H and O–H groups in total. The van der Waals surface area contributed by atoms with Crippen LogP contribution in [0, 0.1) is 0 Å². The number of rotatable bonds is 2. The van der Waals surface area contributed by atoms with E-state index >= 15 is 0 Å². The fourth-order valence-electron chi connectivity index (χ4n) is 2.38. The highest BCUT2D eigenvalue weighted by Crippen LogP contribution is 2.39. The molecule has 6 heteroatoms. The van der Waals surface area contributed by atoms with E-state index in [1.807, 2.05) is 0 Å². The first-order chi connectivity index (χ1) is 10.4. The van der Waals surface area contributed by atoms with Crippen molar-refractivity contribution in [2.45, 2.75) is 11.8 Å². The van der Waals surface area contributed by atoms with Crippen molar-refractivity contribution in [2.75, 3.05) is 0 Å². The Balaban J connectivity index is 2.15. The van der Waals surface area contributed by atoms with Gasteiger partial charge in [0, 0.05) is 28.6 Å². The summed E-state index contributed by atoms with van der Waals surface area (Å²) in [6.45, 7) is 0. The lowest BCUT2D eigenvalue weighted by Crippen LogP contribution is -2.21. The Kier molecular flexibility index (Phi) is 3.53. The third kappa shape index (κ3) is 2.52. The molecule has 1 heterocycles. The molecule has 2 aromatic carbocycles. The molecule has 0 saturated heterocycles. The van der Waals surface area contributed by atoms with Gasteiger partial charge in [0.1, 0.15) is 0 Å². The zero-order chi connectivity index (χ0) is 15.8. The van der Waals surface area contributed by atoms with Crippen LogP contribution in [-0.4, -0.2) is 12.4 Å². The first-order valence-electron chi connectivity index (χ1n) is 6.45. The lowest BCUT2D eigenvalue weighted by Gasteiger charge is -2.25. The van der Waals surface area contributed by atoms with Crippen LogP contribution in [0.1, 0.15) is 16.7 Å². The average molecular weight is 323 g/mol. The van der Waals surface area contributed by atoms with Crippen LogP contribution in [0.15, 0.2) is 58.5 Å². The maximum atomic E-state index is 12.9. The summed E-state index contributed by atoms with van der Waals surface area (Å²) in [4.78, 5) is 8.61. The van der Waals surface area contributed by atoms with Crippen LogP contribution in [0.25, 0.3) is 0 Å². The molecule has 0 spiro atoms. The van der Waals surface area contributed by atoms with Crippen LogP contribution in [0.2, 0.25) is 5.02 Å². The van der Waals surface area contributed by atoms with Gasteiger partial charge in [-0.3, -0.25) is 9.98 Å². The summed E-state index contributed by atoms with van der Waals surface area (Å²) in [6, 6.07) is 11.8. The standard InChI is InChI=1S/C16H10ClF3N2/c17-14-6-4-11(5-7-14)15(21-8-9-22-15)12-2-1-3-13(10-12)16(18,19)20/h1-10H. The third-order valence-electron chi connectivity index (χ3n) is 3.43. The van der Waals surface area contributed by atoms with Gasteiger partial charge in [0.05, 0.1) is 5.56 Å². The molecule has 3 rings (SSSR count). The van der Waals surface area contributed by atoms with Gasteiger partial charge in [-0.15, -0.1) is 0 Å². The van der Waals surface area contributed by atoms with Gasteiger partial charge in [-0.05, 0) is 24.3 Å². The Morgan fingerprint density at radius 1 is 0.864 bits per heavy atom. The fourth-order valence-corrected chi connectivity index (χ4v) is 2.50. The minimum absolute atomic E-state index is 0.356. The number of alkyl halides is 3. The van der Waals surface area contributed by atoms with Gasteiger partial charge in [-0.25, -0.2) is 0 Å². The van der Waals surface area contributed by atoms with Gasteiger partial charge in [0.2, 0.25) is 5.66 Å². The van der Waals surface area contributed by atoms with Crippen molar-refractivity contribution in [3.63, 3.8) is 0 Å². The largest absolute Gasteiger partial charge is 0.416 e. The van der Waals surface area contributed by atoms with Crippen LogP contribution in [0.3, 0.4) is 0 Å². The van der Waals surface area contributed by atoms with E-state index in [4.69, 9.17) is 11.6 Å². The molecule has 0 radical (unpaired) electrons. The van der Waals surface area contributed by atoms with Crippen molar-refractivity contribution in [1.29, 1.82) is 0 Å². The van der Waals surface area contributed by atoms with E-state index in [1.54, 1.807) is 30.3 Å². The van der Waals surface area contributed by atoms with Crippen LogP contribution in [0.5, 0.6) is 0 Å². The number of halogens is 4. The molecule has 0 atom stereocenters. The predicted molar refractivity (Wildman–Crippen MR) is 80.7 cm³/mol. The summed E-state index contributed by atoms with van der Waals surface area (Å²) in [5.41, 5.74) is -0.905. The Bertz CT molecular complexity index is 737. The maximum Gasteiger partial charge on any atom is 0.416 e. The second-order valence-electron chi connectivity index (χ2n) is 4.81.